The van der Waals surface area contributed by atoms with Gasteiger partial charge < -0.3 is 4.79 Å². The maximum atomic E-state index is 10.4. The van der Waals surface area contributed by atoms with E-state index in [2.05, 4.69) is 26.8 Å². The van der Waals surface area contributed by atoms with Crippen molar-refractivity contribution in [3.63, 3.8) is 0 Å². The molecule has 1 atom stereocenters. The van der Waals surface area contributed by atoms with Gasteiger partial charge in [-0.3, -0.25) is 0 Å². The Hall–Kier alpha value is -0.590. The molecular formula is C11H18O. The number of rotatable bonds is 3. The Morgan fingerprint density at radius 2 is 2.33 bits per heavy atom. The first-order chi connectivity index (χ1) is 5.57. The summed E-state index contributed by atoms with van der Waals surface area (Å²) in [6, 6.07) is 0. The van der Waals surface area contributed by atoms with Gasteiger partial charge in [-0.1, -0.05) is 32.4 Å². The Morgan fingerprint density at radius 1 is 1.67 bits per heavy atom. The summed E-state index contributed by atoms with van der Waals surface area (Å²) in [6.07, 6.45) is 6.37. The van der Waals surface area contributed by atoms with E-state index in [0.717, 1.165) is 12.7 Å². The molecule has 0 radical (unpaired) electrons. The summed E-state index contributed by atoms with van der Waals surface area (Å²) < 4.78 is 0. The fourth-order valence-corrected chi connectivity index (χ4v) is 1.83. The average Bonchev–Trinajstić information content (AvgIpc) is 2.33. The highest BCUT2D eigenvalue weighted by molar-refractivity contribution is 5.52. The van der Waals surface area contributed by atoms with Crippen LogP contribution in [0.15, 0.2) is 11.6 Å². The van der Waals surface area contributed by atoms with Crippen molar-refractivity contribution in [2.45, 2.75) is 40.0 Å². The zero-order chi connectivity index (χ0) is 9.19. The summed E-state index contributed by atoms with van der Waals surface area (Å²) >= 11 is 0. The zero-order valence-corrected chi connectivity index (χ0v) is 8.26. The number of carbonyl (C=O) groups is 1. The number of hydrogen-bond donors (Lipinski definition) is 0. The first-order valence-corrected chi connectivity index (χ1v) is 4.73. The summed E-state index contributed by atoms with van der Waals surface area (Å²) in [6.45, 7) is 6.62. The van der Waals surface area contributed by atoms with E-state index < -0.39 is 0 Å². The summed E-state index contributed by atoms with van der Waals surface area (Å²) in [4.78, 5) is 10.4. The lowest BCUT2D eigenvalue weighted by Crippen LogP contribution is -2.09. The number of aldehydes is 1. The van der Waals surface area contributed by atoms with Crippen molar-refractivity contribution >= 4 is 6.29 Å². The van der Waals surface area contributed by atoms with Crippen LogP contribution < -0.4 is 0 Å². The quantitative estimate of drug-likeness (QED) is 0.465. The van der Waals surface area contributed by atoms with E-state index in [9.17, 15) is 4.79 Å². The third-order valence-electron chi connectivity index (χ3n) is 2.81. The van der Waals surface area contributed by atoms with Gasteiger partial charge in [0.25, 0.3) is 0 Å². The fourth-order valence-electron chi connectivity index (χ4n) is 1.83. The molecule has 1 aliphatic carbocycles. The van der Waals surface area contributed by atoms with Crippen LogP contribution in [0.4, 0.5) is 0 Å². The molecule has 0 aromatic rings. The van der Waals surface area contributed by atoms with Gasteiger partial charge in [-0.25, -0.2) is 0 Å². The minimum atomic E-state index is 0.168. The molecule has 0 saturated heterocycles. The fraction of sp³-hybridized carbons (Fsp3) is 0.727. The van der Waals surface area contributed by atoms with Crippen LogP contribution in [-0.4, -0.2) is 6.29 Å². The van der Waals surface area contributed by atoms with Crippen LogP contribution in [0.5, 0.6) is 0 Å². The summed E-state index contributed by atoms with van der Waals surface area (Å²) in [5.41, 5.74) is 1.70. The van der Waals surface area contributed by atoms with Crippen molar-refractivity contribution in [3.05, 3.63) is 11.6 Å². The van der Waals surface area contributed by atoms with E-state index in [1.54, 1.807) is 0 Å². The number of hydrogen-bond acceptors (Lipinski definition) is 1. The molecule has 0 unspecified atom stereocenters. The Morgan fingerprint density at radius 3 is 2.75 bits per heavy atom. The molecule has 0 aromatic carbocycles. The summed E-state index contributed by atoms with van der Waals surface area (Å²) in [7, 11) is 0. The molecule has 0 N–H and O–H groups in total. The number of carbonyl (C=O) groups excluding carboxylic acids is 1. The molecule has 68 valence electrons. The molecule has 0 aromatic heterocycles. The molecule has 0 heterocycles. The number of allylic oxidation sites excluding steroid dienone is 2. The highest BCUT2D eigenvalue weighted by Gasteiger charge is 2.28. The molecule has 0 amide bonds. The van der Waals surface area contributed by atoms with Gasteiger partial charge in [0.05, 0.1) is 0 Å². The third kappa shape index (κ3) is 1.96. The van der Waals surface area contributed by atoms with Crippen LogP contribution in [0.25, 0.3) is 0 Å². The highest BCUT2D eigenvalue weighted by Crippen LogP contribution is 2.40. The van der Waals surface area contributed by atoms with Gasteiger partial charge in [0.2, 0.25) is 0 Å². The van der Waals surface area contributed by atoms with E-state index in [4.69, 9.17) is 0 Å². The van der Waals surface area contributed by atoms with Crippen molar-refractivity contribution in [2.24, 2.45) is 11.3 Å². The molecular weight excluding hydrogens is 148 g/mol. The first kappa shape index (κ1) is 9.50. The molecule has 0 aliphatic heterocycles. The standard InChI is InChI=1S/C11H18O/c1-9(2)10-4-5-11(3,8-10)6-7-12/h7-9H,4-6H2,1-3H3/t11-/m0/s1. The highest BCUT2D eigenvalue weighted by atomic mass is 16.1. The molecule has 0 spiro atoms. The Balaban J connectivity index is 2.67. The normalized spacial score (nSPS) is 29.2. The Bertz CT molecular complexity index is 203. The molecule has 1 aliphatic rings. The lowest BCUT2D eigenvalue weighted by Gasteiger charge is -2.16. The molecule has 0 fully saturated rings. The van der Waals surface area contributed by atoms with Crippen molar-refractivity contribution in [3.8, 4) is 0 Å². The maximum Gasteiger partial charge on any atom is 0.120 e. The maximum absolute atomic E-state index is 10.4. The van der Waals surface area contributed by atoms with Crippen molar-refractivity contribution in [1.29, 1.82) is 0 Å². The van der Waals surface area contributed by atoms with Gasteiger partial charge in [-0.05, 0) is 24.2 Å². The monoisotopic (exact) mass is 166 g/mol. The van der Waals surface area contributed by atoms with Crippen molar-refractivity contribution in [2.75, 3.05) is 0 Å². The molecule has 0 saturated carbocycles. The molecule has 12 heavy (non-hydrogen) atoms. The van der Waals surface area contributed by atoms with Crippen LogP contribution >= 0.6 is 0 Å². The smallest absolute Gasteiger partial charge is 0.120 e. The average molecular weight is 166 g/mol. The van der Waals surface area contributed by atoms with Gasteiger partial charge in [0.15, 0.2) is 0 Å². The third-order valence-corrected chi connectivity index (χ3v) is 2.81. The zero-order valence-electron chi connectivity index (χ0n) is 8.26. The van der Waals surface area contributed by atoms with E-state index in [-0.39, 0.29) is 5.41 Å². The lowest BCUT2D eigenvalue weighted by atomic mass is 9.87. The molecule has 0 bridgehead atoms. The van der Waals surface area contributed by atoms with Crippen LogP contribution in [0, 0.1) is 11.3 Å². The van der Waals surface area contributed by atoms with Crippen molar-refractivity contribution in [1.82, 2.24) is 0 Å². The van der Waals surface area contributed by atoms with E-state index in [1.807, 2.05) is 0 Å². The largest absolute Gasteiger partial charge is 0.303 e. The lowest BCUT2D eigenvalue weighted by molar-refractivity contribution is -0.109. The molecule has 1 nitrogen and oxygen atoms in total. The van der Waals surface area contributed by atoms with Gasteiger partial charge in [0.1, 0.15) is 6.29 Å². The van der Waals surface area contributed by atoms with Crippen LogP contribution in [0.1, 0.15) is 40.0 Å². The summed E-state index contributed by atoms with van der Waals surface area (Å²) in [5.74, 6) is 0.651. The van der Waals surface area contributed by atoms with Crippen LogP contribution in [-0.2, 0) is 4.79 Å². The second-order valence-electron chi connectivity index (χ2n) is 4.40. The van der Waals surface area contributed by atoms with Gasteiger partial charge in [0, 0.05) is 6.42 Å². The van der Waals surface area contributed by atoms with E-state index >= 15 is 0 Å². The van der Waals surface area contributed by atoms with E-state index in [1.165, 1.54) is 12.0 Å². The summed E-state index contributed by atoms with van der Waals surface area (Å²) in [5, 5.41) is 0. The predicted octanol–water partition coefficient (Wildman–Crippen LogP) is 2.96. The van der Waals surface area contributed by atoms with Crippen LogP contribution in [0.2, 0.25) is 0 Å². The predicted molar refractivity (Wildman–Crippen MR) is 50.9 cm³/mol. The second-order valence-corrected chi connectivity index (χ2v) is 4.40. The topological polar surface area (TPSA) is 17.1 Å². The first-order valence-electron chi connectivity index (χ1n) is 4.73. The molecule has 1 heteroatoms. The van der Waals surface area contributed by atoms with Crippen molar-refractivity contribution < 1.29 is 4.79 Å². The van der Waals surface area contributed by atoms with Crippen LogP contribution in [0.3, 0.4) is 0 Å². The SMILES string of the molecule is CC(C)C1=C[C@](C)(CC=O)CC1. The minimum absolute atomic E-state index is 0.168. The minimum Gasteiger partial charge on any atom is -0.303 e. The van der Waals surface area contributed by atoms with Gasteiger partial charge >= 0.3 is 0 Å². The van der Waals surface area contributed by atoms with E-state index in [0.29, 0.717) is 12.3 Å². The molecule has 1 rings (SSSR count). The Kier molecular flexibility index (Phi) is 2.71. The Labute approximate surface area is 74.9 Å². The second kappa shape index (κ2) is 3.42. The van der Waals surface area contributed by atoms with Gasteiger partial charge in [-0.15, -0.1) is 0 Å². The van der Waals surface area contributed by atoms with Gasteiger partial charge in [-0.2, -0.15) is 0 Å².